The van der Waals surface area contributed by atoms with Crippen molar-refractivity contribution >= 4 is 28.6 Å². The number of non-ortho nitro benzene ring substituents is 2. The number of carbonyl (C=O) groups excluding carboxylic acids is 1. The van der Waals surface area contributed by atoms with Gasteiger partial charge in [-0.2, -0.15) is 0 Å². The van der Waals surface area contributed by atoms with Crippen LogP contribution in [0, 0.1) is 20.2 Å². The maximum atomic E-state index is 11.9. The fourth-order valence-electron chi connectivity index (χ4n) is 1.62. The molecule has 108 valence electrons. The molecule has 21 heavy (non-hydrogen) atoms. The van der Waals surface area contributed by atoms with Gasteiger partial charge in [-0.1, -0.05) is 6.07 Å². The van der Waals surface area contributed by atoms with Crippen LogP contribution in [0.1, 0.15) is 15.2 Å². The average Bonchev–Trinajstić information content (AvgIpc) is 2.97. The van der Waals surface area contributed by atoms with E-state index in [1.165, 1.54) is 11.3 Å². The molecular weight excluding hydrogens is 298 g/mol. The van der Waals surface area contributed by atoms with Gasteiger partial charge >= 0.3 is 0 Å². The van der Waals surface area contributed by atoms with Gasteiger partial charge < -0.3 is 5.32 Å². The summed E-state index contributed by atoms with van der Waals surface area (Å²) in [5.41, 5.74) is -1.11. The number of hydrogen-bond acceptors (Lipinski definition) is 6. The molecule has 8 nitrogen and oxygen atoms in total. The first-order valence-electron chi connectivity index (χ1n) is 5.72. The lowest BCUT2D eigenvalue weighted by Crippen LogP contribution is -2.22. The standard InChI is InChI=1S/C12H9N3O5S/c16-12(13-7-11-2-1-3-21-11)8-4-9(14(17)18)6-10(5-8)15(19)20/h1-6H,7H2,(H,13,16). The van der Waals surface area contributed by atoms with E-state index in [1.54, 1.807) is 0 Å². The Labute approximate surface area is 122 Å². The van der Waals surface area contributed by atoms with Crippen LogP contribution >= 0.6 is 11.3 Å². The number of nitrogens with one attached hydrogen (secondary N) is 1. The van der Waals surface area contributed by atoms with Gasteiger partial charge in [0, 0.05) is 17.0 Å². The van der Waals surface area contributed by atoms with Crippen LogP contribution in [0.3, 0.4) is 0 Å². The highest BCUT2D eigenvalue weighted by molar-refractivity contribution is 7.09. The molecule has 1 N–H and O–H groups in total. The van der Waals surface area contributed by atoms with Crippen molar-refractivity contribution in [1.29, 1.82) is 0 Å². The van der Waals surface area contributed by atoms with Crippen molar-refractivity contribution in [3.63, 3.8) is 0 Å². The van der Waals surface area contributed by atoms with Crippen LogP contribution < -0.4 is 5.32 Å². The minimum atomic E-state index is -0.775. The van der Waals surface area contributed by atoms with Crippen LogP contribution in [-0.4, -0.2) is 15.8 Å². The summed E-state index contributed by atoms with van der Waals surface area (Å²) in [4.78, 5) is 32.8. The Balaban J connectivity index is 2.23. The molecule has 2 rings (SSSR count). The molecular formula is C12H9N3O5S. The van der Waals surface area contributed by atoms with E-state index in [2.05, 4.69) is 5.32 Å². The molecule has 0 radical (unpaired) electrons. The van der Waals surface area contributed by atoms with E-state index in [9.17, 15) is 25.0 Å². The lowest BCUT2D eigenvalue weighted by Gasteiger charge is -2.04. The van der Waals surface area contributed by atoms with Crippen molar-refractivity contribution in [2.24, 2.45) is 0 Å². The number of benzene rings is 1. The second kappa shape index (κ2) is 6.09. The number of hydrogen-bond donors (Lipinski definition) is 1. The van der Waals surface area contributed by atoms with Crippen molar-refractivity contribution in [3.05, 3.63) is 66.4 Å². The van der Waals surface area contributed by atoms with E-state index in [0.717, 1.165) is 23.1 Å². The van der Waals surface area contributed by atoms with Crippen LogP contribution in [0.2, 0.25) is 0 Å². The third kappa shape index (κ3) is 3.60. The Kier molecular flexibility index (Phi) is 4.24. The van der Waals surface area contributed by atoms with Crippen LogP contribution in [-0.2, 0) is 6.54 Å². The first kappa shape index (κ1) is 14.6. The molecule has 2 aromatic rings. The van der Waals surface area contributed by atoms with Gasteiger partial charge in [-0.05, 0) is 11.4 Å². The van der Waals surface area contributed by atoms with Crippen LogP contribution in [0.25, 0.3) is 0 Å². The second-order valence-corrected chi connectivity index (χ2v) is 5.05. The third-order valence-electron chi connectivity index (χ3n) is 2.59. The SMILES string of the molecule is O=C(NCc1cccs1)c1cc([N+](=O)[O-])cc([N+](=O)[O-])c1. The number of carbonyl (C=O) groups is 1. The summed E-state index contributed by atoms with van der Waals surface area (Å²) in [6.45, 7) is 0.257. The van der Waals surface area contributed by atoms with Crippen molar-refractivity contribution in [2.75, 3.05) is 0 Å². The van der Waals surface area contributed by atoms with Gasteiger partial charge in [-0.15, -0.1) is 11.3 Å². The lowest BCUT2D eigenvalue weighted by molar-refractivity contribution is -0.394. The predicted molar refractivity (Wildman–Crippen MR) is 75.2 cm³/mol. The van der Waals surface area contributed by atoms with Crippen molar-refractivity contribution in [1.82, 2.24) is 5.32 Å². The Morgan fingerprint density at radius 2 is 1.76 bits per heavy atom. The largest absolute Gasteiger partial charge is 0.347 e. The first-order valence-corrected chi connectivity index (χ1v) is 6.60. The number of nitro groups is 2. The Hall–Kier alpha value is -2.81. The topological polar surface area (TPSA) is 115 Å². The van der Waals surface area contributed by atoms with Crippen molar-refractivity contribution < 1.29 is 14.6 Å². The molecule has 0 saturated heterocycles. The molecule has 0 spiro atoms. The highest BCUT2D eigenvalue weighted by Crippen LogP contribution is 2.22. The quantitative estimate of drug-likeness (QED) is 0.673. The van der Waals surface area contributed by atoms with E-state index < -0.39 is 27.1 Å². The van der Waals surface area contributed by atoms with Crippen molar-refractivity contribution in [2.45, 2.75) is 6.54 Å². The molecule has 0 unspecified atom stereocenters. The Morgan fingerprint density at radius 3 is 2.24 bits per heavy atom. The zero-order chi connectivity index (χ0) is 15.4. The molecule has 1 heterocycles. The molecule has 9 heteroatoms. The first-order chi connectivity index (χ1) is 9.97. The third-order valence-corrected chi connectivity index (χ3v) is 3.47. The smallest absolute Gasteiger partial charge is 0.277 e. The Bertz CT molecular complexity index is 667. The second-order valence-electron chi connectivity index (χ2n) is 4.01. The average molecular weight is 307 g/mol. The molecule has 0 atom stereocenters. The number of amides is 1. The van der Waals surface area contributed by atoms with Crippen molar-refractivity contribution in [3.8, 4) is 0 Å². The van der Waals surface area contributed by atoms with E-state index in [0.29, 0.717) is 0 Å². The van der Waals surface area contributed by atoms with Gasteiger partial charge in [-0.3, -0.25) is 25.0 Å². The molecule has 0 saturated carbocycles. The predicted octanol–water partition coefficient (Wildman–Crippen LogP) is 2.49. The van der Waals surface area contributed by atoms with E-state index in [4.69, 9.17) is 0 Å². The van der Waals surface area contributed by atoms with Gasteiger partial charge in [0.2, 0.25) is 0 Å². The summed E-state index contributed by atoms with van der Waals surface area (Å²) in [7, 11) is 0. The lowest BCUT2D eigenvalue weighted by atomic mass is 10.1. The highest BCUT2D eigenvalue weighted by atomic mass is 32.1. The Morgan fingerprint density at radius 1 is 1.14 bits per heavy atom. The number of thiophene rings is 1. The number of nitro benzene ring substituents is 2. The van der Waals surface area contributed by atoms with E-state index >= 15 is 0 Å². The maximum absolute atomic E-state index is 11.9. The fraction of sp³-hybridized carbons (Fsp3) is 0.0833. The zero-order valence-electron chi connectivity index (χ0n) is 10.5. The number of nitrogens with zero attached hydrogens (tertiary/aromatic N) is 2. The summed E-state index contributed by atoms with van der Waals surface area (Å²) in [5, 5.41) is 25.9. The fourth-order valence-corrected chi connectivity index (χ4v) is 2.26. The molecule has 0 aliphatic heterocycles. The summed E-state index contributed by atoms with van der Waals surface area (Å²) < 4.78 is 0. The van der Waals surface area contributed by atoms with Gasteiger partial charge in [0.05, 0.1) is 28.0 Å². The minimum absolute atomic E-state index is 0.118. The van der Waals surface area contributed by atoms with Gasteiger partial charge in [-0.25, -0.2) is 0 Å². The minimum Gasteiger partial charge on any atom is -0.347 e. The van der Waals surface area contributed by atoms with Gasteiger partial charge in [0.25, 0.3) is 17.3 Å². The monoisotopic (exact) mass is 307 g/mol. The van der Waals surface area contributed by atoms with Gasteiger partial charge in [0.15, 0.2) is 0 Å². The summed E-state index contributed by atoms with van der Waals surface area (Å²) in [6, 6.07) is 6.48. The summed E-state index contributed by atoms with van der Waals surface area (Å²) in [5.74, 6) is -0.602. The molecule has 0 bridgehead atoms. The van der Waals surface area contributed by atoms with Crippen LogP contribution in [0.5, 0.6) is 0 Å². The summed E-state index contributed by atoms with van der Waals surface area (Å²) >= 11 is 1.45. The van der Waals surface area contributed by atoms with Crippen LogP contribution in [0.15, 0.2) is 35.7 Å². The molecule has 0 fully saturated rings. The highest BCUT2D eigenvalue weighted by Gasteiger charge is 2.19. The number of rotatable bonds is 5. The molecule has 0 aliphatic rings. The molecule has 1 amide bonds. The molecule has 1 aromatic carbocycles. The van der Waals surface area contributed by atoms with Crippen LogP contribution in [0.4, 0.5) is 11.4 Å². The zero-order valence-corrected chi connectivity index (χ0v) is 11.3. The molecule has 0 aliphatic carbocycles. The van der Waals surface area contributed by atoms with E-state index in [-0.39, 0.29) is 12.1 Å². The summed E-state index contributed by atoms with van der Waals surface area (Å²) in [6.07, 6.45) is 0. The van der Waals surface area contributed by atoms with Gasteiger partial charge in [0.1, 0.15) is 0 Å². The normalized spacial score (nSPS) is 10.1. The molecule has 1 aromatic heterocycles. The van der Waals surface area contributed by atoms with E-state index in [1.807, 2.05) is 17.5 Å². The maximum Gasteiger partial charge on any atom is 0.277 e.